The van der Waals surface area contributed by atoms with E-state index in [0.717, 1.165) is 16.7 Å². The monoisotopic (exact) mass is 381 g/mol. The van der Waals surface area contributed by atoms with Gasteiger partial charge in [0.25, 0.3) is 0 Å². The van der Waals surface area contributed by atoms with Crippen LogP contribution in [0.15, 0.2) is 53.1 Å². The number of hydrogen-bond acceptors (Lipinski definition) is 6. The quantitative estimate of drug-likeness (QED) is 0.581. The lowest BCUT2D eigenvalue weighted by Gasteiger charge is -2.11. The zero-order chi connectivity index (χ0) is 20.3. The molecule has 0 aliphatic carbocycles. The summed E-state index contributed by atoms with van der Waals surface area (Å²) in [6.45, 7) is 7.91. The summed E-state index contributed by atoms with van der Waals surface area (Å²) in [4.78, 5) is 0. The van der Waals surface area contributed by atoms with Gasteiger partial charge in [-0.3, -0.25) is 0 Å². The molecule has 28 heavy (non-hydrogen) atoms. The maximum atomic E-state index is 10.5. The van der Waals surface area contributed by atoms with Crippen LogP contribution in [0.1, 0.15) is 12.6 Å². The van der Waals surface area contributed by atoms with Gasteiger partial charge in [-0.15, -0.1) is 0 Å². The Morgan fingerprint density at radius 3 is 2.50 bits per heavy atom. The van der Waals surface area contributed by atoms with Crippen molar-refractivity contribution in [2.45, 2.75) is 13.8 Å². The van der Waals surface area contributed by atoms with Crippen molar-refractivity contribution in [2.24, 2.45) is 0 Å². The second kappa shape index (κ2) is 8.08. The van der Waals surface area contributed by atoms with Crippen molar-refractivity contribution in [3.63, 3.8) is 0 Å². The van der Waals surface area contributed by atoms with E-state index in [1.54, 1.807) is 32.4 Å². The van der Waals surface area contributed by atoms with Gasteiger partial charge in [-0.25, -0.2) is 0 Å². The number of aromatic nitrogens is 1. The second-order valence-corrected chi connectivity index (χ2v) is 6.47. The number of phenols is 1. The molecular weight excluding hydrogens is 358 g/mol. The molecule has 0 atom stereocenters. The summed E-state index contributed by atoms with van der Waals surface area (Å²) in [6, 6.07) is 10.6. The molecule has 0 spiro atoms. The lowest BCUT2D eigenvalue weighted by molar-refractivity contribution is 0.349. The van der Waals surface area contributed by atoms with Crippen molar-refractivity contribution in [3.05, 3.63) is 54.2 Å². The molecule has 0 saturated heterocycles. The summed E-state index contributed by atoms with van der Waals surface area (Å²) in [6.07, 6.45) is 0. The Bertz CT molecular complexity index is 1010. The number of nitrogens with zero attached hydrogens (tertiary/aromatic N) is 1. The summed E-state index contributed by atoms with van der Waals surface area (Å²) >= 11 is 0. The van der Waals surface area contributed by atoms with Gasteiger partial charge in [0.15, 0.2) is 17.3 Å². The van der Waals surface area contributed by atoms with Gasteiger partial charge >= 0.3 is 0 Å². The average Bonchev–Trinajstić information content (AvgIpc) is 3.07. The molecule has 1 N–H and O–H groups in total. The molecule has 2 aromatic carbocycles. The van der Waals surface area contributed by atoms with Gasteiger partial charge in [-0.2, -0.15) is 0 Å². The van der Waals surface area contributed by atoms with Crippen LogP contribution in [0.2, 0.25) is 0 Å². The normalized spacial score (nSPS) is 10.6. The maximum absolute atomic E-state index is 10.5. The molecule has 0 aliphatic rings. The topological polar surface area (TPSA) is 74.0 Å². The Morgan fingerprint density at radius 2 is 1.86 bits per heavy atom. The first kappa shape index (κ1) is 19.4. The van der Waals surface area contributed by atoms with Crippen LogP contribution in [0.3, 0.4) is 0 Å². The summed E-state index contributed by atoms with van der Waals surface area (Å²) < 4.78 is 21.8. The van der Waals surface area contributed by atoms with Gasteiger partial charge in [0.2, 0.25) is 0 Å². The fourth-order valence-corrected chi connectivity index (χ4v) is 2.89. The molecule has 146 valence electrons. The predicted octanol–water partition coefficient (Wildman–Crippen LogP) is 4.99. The Hall–Kier alpha value is -3.41. The molecule has 0 unspecified atom stereocenters. The Kier molecular flexibility index (Phi) is 5.59. The maximum Gasteiger partial charge on any atom is 0.178 e. The molecular formula is C22H23NO5. The molecule has 3 rings (SSSR count). The van der Waals surface area contributed by atoms with Crippen LogP contribution >= 0.6 is 0 Å². The van der Waals surface area contributed by atoms with E-state index < -0.39 is 0 Å². The zero-order valence-corrected chi connectivity index (χ0v) is 16.4. The number of hydrogen-bond donors (Lipinski definition) is 1. The molecule has 6 heteroatoms. The van der Waals surface area contributed by atoms with Crippen molar-refractivity contribution in [3.8, 4) is 45.4 Å². The van der Waals surface area contributed by atoms with Crippen molar-refractivity contribution in [1.29, 1.82) is 0 Å². The van der Waals surface area contributed by atoms with Crippen LogP contribution in [0, 0.1) is 6.92 Å². The minimum Gasteiger partial charge on any atom is -0.507 e. The molecule has 1 heterocycles. The van der Waals surface area contributed by atoms with Crippen LogP contribution in [0.4, 0.5) is 0 Å². The van der Waals surface area contributed by atoms with Crippen molar-refractivity contribution >= 4 is 0 Å². The van der Waals surface area contributed by atoms with E-state index >= 15 is 0 Å². The smallest absolute Gasteiger partial charge is 0.178 e. The average molecular weight is 381 g/mol. The highest BCUT2D eigenvalue weighted by Crippen LogP contribution is 2.42. The van der Waals surface area contributed by atoms with Gasteiger partial charge in [0.1, 0.15) is 18.1 Å². The number of aromatic hydroxyl groups is 1. The Morgan fingerprint density at radius 1 is 1.11 bits per heavy atom. The summed E-state index contributed by atoms with van der Waals surface area (Å²) in [7, 11) is 3.17. The fraction of sp³-hybridized carbons (Fsp3) is 0.227. The number of aryl methyl sites for hydroxylation is 1. The number of phenolic OH excluding ortho intramolecular Hbond substituents is 1. The van der Waals surface area contributed by atoms with Crippen LogP contribution in [0.25, 0.3) is 22.5 Å². The minimum atomic E-state index is 0.0390. The third kappa shape index (κ3) is 3.81. The zero-order valence-electron chi connectivity index (χ0n) is 16.4. The summed E-state index contributed by atoms with van der Waals surface area (Å²) in [5.41, 5.74) is 3.72. The third-order valence-corrected chi connectivity index (χ3v) is 4.23. The van der Waals surface area contributed by atoms with Gasteiger partial charge in [-0.1, -0.05) is 17.8 Å². The molecule has 0 fully saturated rings. The van der Waals surface area contributed by atoms with E-state index in [1.807, 2.05) is 32.0 Å². The van der Waals surface area contributed by atoms with Gasteiger partial charge in [-0.05, 0) is 49.2 Å². The highest BCUT2D eigenvalue weighted by Gasteiger charge is 2.21. The van der Waals surface area contributed by atoms with Crippen LogP contribution in [-0.2, 0) is 0 Å². The van der Waals surface area contributed by atoms with Gasteiger partial charge in [0.05, 0.1) is 31.0 Å². The Balaban J connectivity index is 2.03. The minimum absolute atomic E-state index is 0.0390. The highest BCUT2D eigenvalue weighted by molar-refractivity contribution is 5.84. The molecule has 1 aromatic heterocycles. The van der Waals surface area contributed by atoms with E-state index in [-0.39, 0.29) is 5.75 Å². The number of benzene rings is 2. The molecule has 0 radical (unpaired) electrons. The molecule has 0 aliphatic heterocycles. The Labute approximate surface area is 164 Å². The van der Waals surface area contributed by atoms with E-state index in [9.17, 15) is 5.11 Å². The number of rotatable bonds is 7. The first-order chi connectivity index (χ1) is 13.4. The SMILES string of the molecule is C=C(C)COc1ccc(-c2onc(C)c2-c2ccc(OC)c(OC)c2)c(O)c1. The van der Waals surface area contributed by atoms with Crippen molar-refractivity contribution in [2.75, 3.05) is 20.8 Å². The lowest BCUT2D eigenvalue weighted by Crippen LogP contribution is -1.97. The van der Waals surface area contributed by atoms with E-state index in [1.165, 1.54) is 0 Å². The fourth-order valence-electron chi connectivity index (χ4n) is 2.89. The van der Waals surface area contributed by atoms with Crippen LogP contribution in [-0.4, -0.2) is 31.1 Å². The van der Waals surface area contributed by atoms with E-state index in [4.69, 9.17) is 18.7 Å². The van der Waals surface area contributed by atoms with Crippen molar-refractivity contribution in [1.82, 2.24) is 5.16 Å². The van der Waals surface area contributed by atoms with Gasteiger partial charge in [0, 0.05) is 6.07 Å². The second-order valence-electron chi connectivity index (χ2n) is 6.47. The molecule has 0 saturated carbocycles. The summed E-state index contributed by atoms with van der Waals surface area (Å²) in [5.74, 6) is 2.28. The number of ether oxygens (including phenoxy) is 3. The van der Waals surface area contributed by atoms with E-state index in [0.29, 0.717) is 40.9 Å². The van der Waals surface area contributed by atoms with E-state index in [2.05, 4.69) is 11.7 Å². The van der Waals surface area contributed by atoms with Crippen LogP contribution in [0.5, 0.6) is 23.0 Å². The first-order valence-corrected chi connectivity index (χ1v) is 8.73. The predicted molar refractivity (Wildman–Crippen MR) is 107 cm³/mol. The molecule has 6 nitrogen and oxygen atoms in total. The molecule has 0 amide bonds. The standard InChI is InChI=1S/C22H23NO5/c1-13(2)12-27-16-7-8-17(18(24)11-16)22-21(14(3)23-28-22)15-6-9-19(25-4)20(10-15)26-5/h6-11,24H,1,12H2,2-5H3. The van der Waals surface area contributed by atoms with Crippen molar-refractivity contribution < 1.29 is 23.8 Å². The number of methoxy groups -OCH3 is 2. The lowest BCUT2D eigenvalue weighted by atomic mass is 9.99. The van der Waals surface area contributed by atoms with Crippen LogP contribution < -0.4 is 14.2 Å². The van der Waals surface area contributed by atoms with Gasteiger partial charge < -0.3 is 23.8 Å². The largest absolute Gasteiger partial charge is 0.507 e. The highest BCUT2D eigenvalue weighted by atomic mass is 16.5. The first-order valence-electron chi connectivity index (χ1n) is 8.73. The molecule has 0 bridgehead atoms. The molecule has 3 aromatic rings. The summed E-state index contributed by atoms with van der Waals surface area (Å²) in [5, 5.41) is 14.6. The third-order valence-electron chi connectivity index (χ3n) is 4.23.